The summed E-state index contributed by atoms with van der Waals surface area (Å²) >= 11 is 0. The molecule has 2 aromatic carbocycles. The topological polar surface area (TPSA) is 60.0 Å². The minimum Gasteiger partial charge on any atom is -0.497 e. The summed E-state index contributed by atoms with van der Waals surface area (Å²) in [6.07, 6.45) is 0.906. The second kappa shape index (κ2) is 9.18. The first-order valence-electron chi connectivity index (χ1n) is 9.85. The molecule has 2 atom stereocenters. The van der Waals surface area contributed by atoms with E-state index in [-0.39, 0.29) is 18.0 Å². The second-order valence-electron chi connectivity index (χ2n) is 7.41. The summed E-state index contributed by atoms with van der Waals surface area (Å²) in [5.41, 5.74) is 3.57. The molecule has 0 spiro atoms. The first-order chi connectivity index (χ1) is 14.0. The Hall–Kier alpha value is -2.73. The van der Waals surface area contributed by atoms with E-state index in [0.29, 0.717) is 5.75 Å². The van der Waals surface area contributed by atoms with E-state index >= 15 is 0 Å². The van der Waals surface area contributed by atoms with Gasteiger partial charge in [-0.1, -0.05) is 12.1 Å². The molecule has 1 amide bonds. The predicted molar refractivity (Wildman–Crippen MR) is 113 cm³/mol. The fourth-order valence-corrected chi connectivity index (χ4v) is 4.20. The van der Waals surface area contributed by atoms with Crippen molar-refractivity contribution in [3.05, 3.63) is 53.1 Å². The molecule has 3 rings (SSSR count). The van der Waals surface area contributed by atoms with Crippen LogP contribution < -0.4 is 19.5 Å². The van der Waals surface area contributed by atoms with Crippen LogP contribution in [0.15, 0.2) is 36.4 Å². The standard InChI is InChI=1S/C23H30N2O4/c1-15(24-16(2)26)23-20-13-22(29-5)21(28-4)12-18(20)9-10-25(23)14-17-7-6-8-19(11-17)27-3/h6-8,11-13,15,23H,9-10,14H2,1-5H3,(H,24,26)/t15-,23-/m0/s1. The molecule has 6 nitrogen and oxygen atoms in total. The molecule has 0 aliphatic carbocycles. The first kappa shape index (κ1) is 21.0. The maximum Gasteiger partial charge on any atom is 0.217 e. The van der Waals surface area contributed by atoms with E-state index in [1.54, 1.807) is 28.3 Å². The van der Waals surface area contributed by atoms with Gasteiger partial charge in [-0.15, -0.1) is 0 Å². The smallest absolute Gasteiger partial charge is 0.217 e. The second-order valence-corrected chi connectivity index (χ2v) is 7.41. The molecule has 0 fully saturated rings. The molecule has 29 heavy (non-hydrogen) atoms. The fraction of sp³-hybridized carbons (Fsp3) is 0.435. The Morgan fingerprint density at radius 1 is 1.14 bits per heavy atom. The SMILES string of the molecule is COc1cccc(CN2CCc3cc(OC)c(OC)cc3[C@@H]2[C@H](C)NC(C)=O)c1. The Bertz CT molecular complexity index is 868. The van der Waals surface area contributed by atoms with Gasteiger partial charge in [0.1, 0.15) is 5.75 Å². The number of hydrogen-bond donors (Lipinski definition) is 1. The average molecular weight is 399 g/mol. The van der Waals surface area contributed by atoms with Gasteiger partial charge < -0.3 is 19.5 Å². The fourth-order valence-electron chi connectivity index (χ4n) is 4.20. The summed E-state index contributed by atoms with van der Waals surface area (Å²) in [6.45, 7) is 5.26. The van der Waals surface area contributed by atoms with Crippen LogP contribution in [0.4, 0.5) is 0 Å². The molecule has 1 aliphatic heterocycles. The Morgan fingerprint density at radius 3 is 2.52 bits per heavy atom. The number of benzene rings is 2. The zero-order valence-electron chi connectivity index (χ0n) is 17.8. The third-order valence-electron chi connectivity index (χ3n) is 5.45. The molecule has 0 saturated carbocycles. The number of fused-ring (bicyclic) bond motifs is 1. The van der Waals surface area contributed by atoms with Crippen LogP contribution in [0.3, 0.4) is 0 Å². The summed E-state index contributed by atoms with van der Waals surface area (Å²) in [6, 6.07) is 12.2. The Morgan fingerprint density at radius 2 is 1.86 bits per heavy atom. The van der Waals surface area contributed by atoms with E-state index in [1.807, 2.05) is 12.1 Å². The molecule has 1 N–H and O–H groups in total. The quantitative estimate of drug-likeness (QED) is 0.775. The van der Waals surface area contributed by atoms with Gasteiger partial charge in [0.2, 0.25) is 5.91 Å². The van der Waals surface area contributed by atoms with Crippen molar-refractivity contribution in [1.29, 1.82) is 0 Å². The zero-order valence-corrected chi connectivity index (χ0v) is 17.8. The first-order valence-corrected chi connectivity index (χ1v) is 9.85. The predicted octanol–water partition coefficient (Wildman–Crippen LogP) is 3.34. The van der Waals surface area contributed by atoms with Gasteiger partial charge in [0.15, 0.2) is 11.5 Å². The molecule has 0 bridgehead atoms. The summed E-state index contributed by atoms with van der Waals surface area (Å²) in [4.78, 5) is 14.2. The third-order valence-corrected chi connectivity index (χ3v) is 5.45. The highest BCUT2D eigenvalue weighted by molar-refractivity contribution is 5.73. The highest BCUT2D eigenvalue weighted by Gasteiger charge is 2.33. The maximum atomic E-state index is 11.8. The summed E-state index contributed by atoms with van der Waals surface area (Å²) in [5, 5.41) is 3.08. The molecule has 0 saturated heterocycles. The molecule has 0 aromatic heterocycles. The number of rotatable bonds is 7. The molecular weight excluding hydrogens is 368 g/mol. The summed E-state index contributed by atoms with van der Waals surface area (Å²) < 4.78 is 16.4. The van der Waals surface area contributed by atoms with Crippen molar-refractivity contribution in [2.45, 2.75) is 38.9 Å². The highest BCUT2D eigenvalue weighted by Crippen LogP contribution is 2.40. The number of amides is 1. The van der Waals surface area contributed by atoms with Gasteiger partial charge in [-0.25, -0.2) is 0 Å². The number of carbonyl (C=O) groups excluding carboxylic acids is 1. The monoisotopic (exact) mass is 398 g/mol. The van der Waals surface area contributed by atoms with Crippen LogP contribution in [0.25, 0.3) is 0 Å². The molecule has 2 aromatic rings. The normalized spacial score (nSPS) is 17.2. The number of hydrogen-bond acceptors (Lipinski definition) is 5. The van der Waals surface area contributed by atoms with Crippen molar-refractivity contribution in [3.8, 4) is 17.2 Å². The minimum absolute atomic E-state index is 0.0219. The van der Waals surface area contributed by atoms with Crippen LogP contribution in [0.5, 0.6) is 17.2 Å². The highest BCUT2D eigenvalue weighted by atomic mass is 16.5. The van der Waals surface area contributed by atoms with Gasteiger partial charge >= 0.3 is 0 Å². The third kappa shape index (κ3) is 4.65. The van der Waals surface area contributed by atoms with Crippen molar-refractivity contribution in [1.82, 2.24) is 10.2 Å². The Kier molecular flexibility index (Phi) is 6.64. The van der Waals surface area contributed by atoms with Gasteiger partial charge in [-0.3, -0.25) is 9.69 Å². The van der Waals surface area contributed by atoms with E-state index in [2.05, 4.69) is 41.4 Å². The lowest BCUT2D eigenvalue weighted by Gasteiger charge is -2.41. The molecule has 1 aliphatic rings. The van der Waals surface area contributed by atoms with Gasteiger partial charge in [0.05, 0.1) is 27.4 Å². The van der Waals surface area contributed by atoms with Crippen LogP contribution in [0, 0.1) is 0 Å². The van der Waals surface area contributed by atoms with Crippen molar-refractivity contribution in [2.24, 2.45) is 0 Å². The van der Waals surface area contributed by atoms with E-state index < -0.39 is 0 Å². The zero-order chi connectivity index (χ0) is 21.0. The van der Waals surface area contributed by atoms with Crippen LogP contribution in [-0.4, -0.2) is 44.7 Å². The summed E-state index contributed by atoms with van der Waals surface area (Å²) in [7, 11) is 4.98. The Labute approximate surface area is 172 Å². The van der Waals surface area contributed by atoms with E-state index in [1.165, 1.54) is 11.1 Å². The molecule has 0 radical (unpaired) electrons. The maximum absolute atomic E-state index is 11.8. The van der Waals surface area contributed by atoms with Gasteiger partial charge in [-0.05, 0) is 54.3 Å². The average Bonchev–Trinajstić information content (AvgIpc) is 2.72. The molecule has 156 valence electrons. The summed E-state index contributed by atoms with van der Waals surface area (Å²) in [5.74, 6) is 2.25. The molecule has 6 heteroatoms. The van der Waals surface area contributed by atoms with E-state index in [9.17, 15) is 4.79 Å². The number of ether oxygens (including phenoxy) is 3. The van der Waals surface area contributed by atoms with Gasteiger partial charge in [-0.2, -0.15) is 0 Å². The Balaban J connectivity index is 1.99. The van der Waals surface area contributed by atoms with Crippen molar-refractivity contribution in [2.75, 3.05) is 27.9 Å². The largest absolute Gasteiger partial charge is 0.497 e. The van der Waals surface area contributed by atoms with Crippen LogP contribution >= 0.6 is 0 Å². The number of carbonyl (C=O) groups is 1. The van der Waals surface area contributed by atoms with Crippen molar-refractivity contribution in [3.63, 3.8) is 0 Å². The lowest BCUT2D eigenvalue weighted by atomic mass is 9.87. The van der Waals surface area contributed by atoms with Gasteiger partial charge in [0, 0.05) is 26.1 Å². The van der Waals surface area contributed by atoms with Crippen molar-refractivity contribution >= 4 is 5.91 Å². The number of nitrogens with zero attached hydrogens (tertiary/aromatic N) is 1. The molecule has 1 heterocycles. The lowest BCUT2D eigenvalue weighted by Crippen LogP contribution is -2.46. The number of methoxy groups -OCH3 is 3. The van der Waals surface area contributed by atoms with Crippen LogP contribution in [-0.2, 0) is 17.8 Å². The molecule has 0 unspecified atom stereocenters. The van der Waals surface area contributed by atoms with Crippen molar-refractivity contribution < 1.29 is 19.0 Å². The van der Waals surface area contributed by atoms with E-state index in [0.717, 1.165) is 36.6 Å². The van der Waals surface area contributed by atoms with Crippen LogP contribution in [0.1, 0.15) is 36.6 Å². The van der Waals surface area contributed by atoms with Crippen LogP contribution in [0.2, 0.25) is 0 Å². The molecular formula is C23H30N2O4. The van der Waals surface area contributed by atoms with E-state index in [4.69, 9.17) is 14.2 Å². The number of nitrogens with one attached hydrogen (secondary N) is 1. The lowest BCUT2D eigenvalue weighted by molar-refractivity contribution is -0.120. The minimum atomic E-state index is -0.0599. The van der Waals surface area contributed by atoms with Gasteiger partial charge in [0.25, 0.3) is 0 Å².